The number of amides is 1. The van der Waals surface area contributed by atoms with Crippen LogP contribution in [0.25, 0.3) is 11.3 Å². The molecule has 1 aromatic carbocycles. The van der Waals surface area contributed by atoms with Crippen LogP contribution in [0.1, 0.15) is 53.5 Å². The van der Waals surface area contributed by atoms with Crippen LogP contribution in [-0.2, 0) is 22.3 Å². The number of carbonyl (C=O) groups excluding carboxylic acids is 2. The van der Waals surface area contributed by atoms with E-state index in [4.69, 9.17) is 9.47 Å². The summed E-state index contributed by atoms with van der Waals surface area (Å²) in [5, 5.41) is 3.00. The maximum atomic E-state index is 13.8. The van der Waals surface area contributed by atoms with Gasteiger partial charge in [0.1, 0.15) is 17.3 Å². The molecule has 0 radical (unpaired) electrons. The predicted octanol–water partition coefficient (Wildman–Crippen LogP) is 5.26. The van der Waals surface area contributed by atoms with Gasteiger partial charge in [-0.15, -0.1) is 0 Å². The van der Waals surface area contributed by atoms with Gasteiger partial charge in [0, 0.05) is 30.1 Å². The van der Waals surface area contributed by atoms with E-state index in [9.17, 15) is 22.8 Å². The zero-order chi connectivity index (χ0) is 30.6. The van der Waals surface area contributed by atoms with E-state index in [1.807, 2.05) is 4.90 Å². The van der Waals surface area contributed by atoms with Crippen molar-refractivity contribution >= 4 is 34.2 Å². The number of esters is 1. The Morgan fingerprint density at radius 3 is 2.47 bits per heavy atom. The molecule has 2 fully saturated rings. The van der Waals surface area contributed by atoms with Crippen LogP contribution in [0.4, 0.5) is 24.1 Å². The molecule has 2 saturated heterocycles. The minimum absolute atomic E-state index is 0.0757. The zero-order valence-corrected chi connectivity index (χ0v) is 24.8. The van der Waals surface area contributed by atoms with Crippen LogP contribution in [-0.4, -0.2) is 71.6 Å². The van der Waals surface area contributed by atoms with Gasteiger partial charge in [-0.3, -0.25) is 19.8 Å². The molecule has 0 bridgehead atoms. The number of nitrogens with one attached hydrogen (secondary N) is 1. The fourth-order valence-corrected chi connectivity index (χ4v) is 6.35. The lowest BCUT2D eigenvalue weighted by atomic mass is 9.97. The summed E-state index contributed by atoms with van der Waals surface area (Å²) in [7, 11) is 1.20. The van der Waals surface area contributed by atoms with Crippen molar-refractivity contribution in [2.24, 2.45) is 5.92 Å². The first-order valence-corrected chi connectivity index (χ1v) is 15.0. The normalized spacial score (nSPS) is 16.3. The number of hydrogen-bond acceptors (Lipinski definition) is 10. The number of piperidine rings is 1. The van der Waals surface area contributed by atoms with Gasteiger partial charge in [0.2, 0.25) is 0 Å². The number of rotatable bonds is 9. The van der Waals surface area contributed by atoms with E-state index < -0.39 is 17.6 Å². The lowest BCUT2D eigenvalue weighted by Gasteiger charge is -2.31. The first-order valence-electron chi connectivity index (χ1n) is 14.2. The molecule has 10 nitrogen and oxygen atoms in total. The van der Waals surface area contributed by atoms with Crippen molar-refractivity contribution in [3.05, 3.63) is 46.7 Å². The highest BCUT2D eigenvalue weighted by atomic mass is 32.1. The molecule has 3 aromatic rings. The number of alkyl halides is 3. The molecule has 43 heavy (non-hydrogen) atoms. The van der Waals surface area contributed by atoms with Crippen LogP contribution in [0.15, 0.2) is 30.6 Å². The molecule has 2 aliphatic rings. The third-order valence-electron chi connectivity index (χ3n) is 7.57. The lowest BCUT2D eigenvalue weighted by molar-refractivity contribution is -0.148. The Bertz CT molecular complexity index is 1430. The number of methoxy groups -OCH3 is 1. The van der Waals surface area contributed by atoms with Crippen LogP contribution < -0.4 is 15.0 Å². The zero-order valence-electron chi connectivity index (χ0n) is 23.9. The monoisotopic (exact) mass is 618 g/mol. The van der Waals surface area contributed by atoms with Crippen molar-refractivity contribution in [3.63, 3.8) is 0 Å². The molecule has 230 valence electrons. The molecule has 1 N–H and O–H groups in total. The highest BCUT2D eigenvalue weighted by Gasteiger charge is 2.35. The largest absolute Gasteiger partial charge is 0.496 e. The van der Waals surface area contributed by atoms with E-state index in [1.165, 1.54) is 36.9 Å². The molecule has 0 atom stereocenters. The molecule has 1 amide bonds. The van der Waals surface area contributed by atoms with Crippen LogP contribution >= 0.6 is 11.3 Å². The number of aromatic nitrogens is 3. The second-order valence-electron chi connectivity index (χ2n) is 10.4. The van der Waals surface area contributed by atoms with E-state index in [1.54, 1.807) is 13.0 Å². The molecule has 0 aliphatic carbocycles. The summed E-state index contributed by atoms with van der Waals surface area (Å²) >= 11 is 1.23. The smallest absolute Gasteiger partial charge is 0.419 e. The molecular weight excluding hydrogens is 585 g/mol. The summed E-state index contributed by atoms with van der Waals surface area (Å²) in [6.07, 6.45) is 1.68. The third kappa shape index (κ3) is 7.24. The Morgan fingerprint density at radius 2 is 1.84 bits per heavy atom. The number of nitrogens with zero attached hydrogens (tertiary/aromatic N) is 5. The number of halogens is 3. The minimum Gasteiger partial charge on any atom is -0.496 e. The van der Waals surface area contributed by atoms with Crippen molar-refractivity contribution in [2.75, 3.05) is 50.1 Å². The number of ether oxygens (including phenoxy) is 2. The van der Waals surface area contributed by atoms with Gasteiger partial charge in [-0.05, 0) is 63.9 Å². The van der Waals surface area contributed by atoms with Gasteiger partial charge in [0.25, 0.3) is 5.91 Å². The Labute approximate surface area is 251 Å². The van der Waals surface area contributed by atoms with Gasteiger partial charge in [-0.2, -0.15) is 13.2 Å². The summed E-state index contributed by atoms with van der Waals surface area (Å²) < 4.78 is 51.3. The molecule has 0 saturated carbocycles. The fourth-order valence-electron chi connectivity index (χ4n) is 5.33. The maximum absolute atomic E-state index is 13.8. The highest BCUT2D eigenvalue weighted by Crippen LogP contribution is 2.41. The minimum atomic E-state index is -4.61. The molecule has 2 aromatic heterocycles. The first-order chi connectivity index (χ1) is 20.7. The molecule has 4 heterocycles. The van der Waals surface area contributed by atoms with E-state index in [0.29, 0.717) is 50.6 Å². The number of hydrogen-bond donors (Lipinski definition) is 1. The van der Waals surface area contributed by atoms with Gasteiger partial charge >= 0.3 is 12.1 Å². The van der Waals surface area contributed by atoms with Crippen LogP contribution in [0.5, 0.6) is 5.75 Å². The third-order valence-corrected chi connectivity index (χ3v) is 8.53. The van der Waals surface area contributed by atoms with E-state index in [-0.39, 0.29) is 34.0 Å². The number of benzene rings is 1. The summed E-state index contributed by atoms with van der Waals surface area (Å²) in [6, 6.07) is 3.86. The number of anilines is 2. The summed E-state index contributed by atoms with van der Waals surface area (Å²) in [6.45, 7) is 5.67. The van der Waals surface area contributed by atoms with E-state index >= 15 is 0 Å². The van der Waals surface area contributed by atoms with Gasteiger partial charge in [0.15, 0.2) is 5.13 Å². The average molecular weight is 619 g/mol. The Hall–Kier alpha value is -3.78. The van der Waals surface area contributed by atoms with Crippen molar-refractivity contribution < 1.29 is 32.2 Å². The maximum Gasteiger partial charge on any atom is 0.419 e. The molecule has 0 spiro atoms. The quantitative estimate of drug-likeness (QED) is 0.322. The topological polar surface area (TPSA) is 110 Å². The van der Waals surface area contributed by atoms with Crippen LogP contribution in [0, 0.1) is 5.92 Å². The summed E-state index contributed by atoms with van der Waals surface area (Å²) in [5.74, 6) is -0.513. The predicted molar refractivity (Wildman–Crippen MR) is 155 cm³/mol. The number of carbonyl (C=O) groups is 2. The van der Waals surface area contributed by atoms with Crippen molar-refractivity contribution in [3.8, 4) is 17.0 Å². The Morgan fingerprint density at radius 1 is 1.09 bits per heavy atom. The molecule has 14 heteroatoms. The SMILES string of the molecule is CCOC(=O)C1CCN(c2cnc(C(=O)Nc3nc(-c4ccc(OC)c(C(F)(F)F)c4)c(CN4CCCC4)s3)cn2)CC1. The van der Waals surface area contributed by atoms with E-state index in [0.717, 1.165) is 36.9 Å². The van der Waals surface area contributed by atoms with E-state index in [2.05, 4.69) is 25.2 Å². The summed E-state index contributed by atoms with van der Waals surface area (Å²) in [4.78, 5) is 43.3. The first kappa shape index (κ1) is 30.7. The second kappa shape index (κ2) is 13.2. The second-order valence-corrected chi connectivity index (χ2v) is 11.5. The Kier molecular flexibility index (Phi) is 9.45. The molecule has 0 unspecified atom stereocenters. The number of likely N-dealkylation sites (tertiary alicyclic amines) is 1. The van der Waals surface area contributed by atoms with Crippen LogP contribution in [0.3, 0.4) is 0 Å². The lowest BCUT2D eigenvalue weighted by Crippen LogP contribution is -2.37. The average Bonchev–Trinajstić information content (AvgIpc) is 3.67. The fraction of sp³-hybridized carbons (Fsp3) is 0.483. The van der Waals surface area contributed by atoms with Crippen LogP contribution in [0.2, 0.25) is 0 Å². The summed E-state index contributed by atoms with van der Waals surface area (Å²) in [5.41, 5.74) is -0.145. The van der Waals surface area contributed by atoms with Crippen molar-refractivity contribution in [1.29, 1.82) is 0 Å². The Balaban J connectivity index is 1.32. The van der Waals surface area contributed by atoms with Gasteiger partial charge in [-0.25, -0.2) is 15.0 Å². The molecule has 5 rings (SSSR count). The molecule has 2 aliphatic heterocycles. The number of thiazole rings is 1. The van der Waals surface area contributed by atoms with Gasteiger partial charge in [0.05, 0.1) is 43.3 Å². The standard InChI is InChI=1S/C29H33F3N6O4S/c1-3-42-27(40)18-8-12-38(13-9-18)24-16-33-21(15-34-24)26(39)36-28-35-25(23(43-28)17-37-10-4-5-11-37)19-6-7-22(41-2)20(14-19)29(30,31)32/h6-7,14-16,18H,3-5,8-13,17H2,1-2H3,(H,35,36,39). The van der Waals surface area contributed by atoms with Crippen molar-refractivity contribution in [1.82, 2.24) is 19.9 Å². The highest BCUT2D eigenvalue weighted by molar-refractivity contribution is 7.16. The van der Waals surface area contributed by atoms with Gasteiger partial charge in [-0.1, -0.05) is 11.3 Å². The van der Waals surface area contributed by atoms with Gasteiger partial charge < -0.3 is 14.4 Å². The van der Waals surface area contributed by atoms with Crippen molar-refractivity contribution in [2.45, 2.75) is 45.3 Å². The molecular formula is C29H33F3N6O4S.